The van der Waals surface area contributed by atoms with Gasteiger partial charge in [-0.1, -0.05) is 41.7 Å². The molecule has 158 valence electrons. The lowest BCUT2D eigenvalue weighted by Gasteiger charge is -2.24. The molecule has 4 aromatic rings. The number of hydrogen-bond acceptors (Lipinski definition) is 5. The Morgan fingerprint density at radius 1 is 1.19 bits per heavy atom. The molecule has 0 N–H and O–H groups in total. The predicted molar refractivity (Wildman–Crippen MR) is 126 cm³/mol. The summed E-state index contributed by atoms with van der Waals surface area (Å²) in [5.74, 6) is 0.451. The molecular formula is C25H24N2O3S. The summed E-state index contributed by atoms with van der Waals surface area (Å²) < 4.78 is 12.5. The van der Waals surface area contributed by atoms with E-state index in [2.05, 4.69) is 13.0 Å². The van der Waals surface area contributed by atoms with E-state index in [4.69, 9.17) is 14.5 Å². The summed E-state index contributed by atoms with van der Waals surface area (Å²) in [6.07, 6.45) is 1.98. The number of aryl methyl sites for hydroxylation is 1. The van der Waals surface area contributed by atoms with Gasteiger partial charge >= 0.3 is 0 Å². The first kappa shape index (κ1) is 20.0. The third kappa shape index (κ3) is 3.89. The molecule has 1 unspecified atom stereocenters. The Kier molecular flexibility index (Phi) is 5.34. The van der Waals surface area contributed by atoms with Gasteiger partial charge < -0.3 is 9.47 Å². The quantitative estimate of drug-likeness (QED) is 0.412. The van der Waals surface area contributed by atoms with E-state index in [1.807, 2.05) is 48.5 Å². The van der Waals surface area contributed by atoms with Crippen molar-refractivity contribution in [1.82, 2.24) is 4.98 Å². The Morgan fingerprint density at radius 3 is 2.74 bits per heavy atom. The Bertz CT molecular complexity index is 1260. The van der Waals surface area contributed by atoms with Gasteiger partial charge in [-0.2, -0.15) is 0 Å². The maximum Gasteiger partial charge on any atom is 0.263 e. The van der Waals surface area contributed by atoms with Crippen molar-refractivity contribution in [2.75, 3.05) is 25.2 Å². The van der Waals surface area contributed by atoms with E-state index in [-0.39, 0.29) is 12.0 Å². The van der Waals surface area contributed by atoms with E-state index in [9.17, 15) is 4.79 Å². The molecule has 6 heteroatoms. The highest BCUT2D eigenvalue weighted by atomic mass is 32.1. The average Bonchev–Trinajstić information content (AvgIpc) is 3.45. The van der Waals surface area contributed by atoms with Crippen LogP contribution in [0.2, 0.25) is 0 Å². The smallest absolute Gasteiger partial charge is 0.263 e. The molecule has 0 radical (unpaired) electrons. The molecule has 0 saturated carbocycles. The standard InChI is InChI=1S/C25H24N2O3S/c1-16-9-10-21-23(12-16)31-25(26-21)27(15-19-8-5-11-30-19)24(28)20-13-17-6-3-4-7-18(17)14-22(20)29-2/h3-4,6-7,9-10,12-14,19H,5,8,11,15H2,1-2H3. The number of fused-ring (bicyclic) bond motifs is 2. The molecule has 31 heavy (non-hydrogen) atoms. The highest BCUT2D eigenvalue weighted by Gasteiger charge is 2.29. The minimum absolute atomic E-state index is 0.0177. The van der Waals surface area contributed by atoms with Crippen LogP contribution in [0.15, 0.2) is 54.6 Å². The summed E-state index contributed by atoms with van der Waals surface area (Å²) in [7, 11) is 1.60. The van der Waals surface area contributed by atoms with Crippen molar-refractivity contribution in [3.63, 3.8) is 0 Å². The van der Waals surface area contributed by atoms with Gasteiger partial charge in [0.15, 0.2) is 5.13 Å². The maximum atomic E-state index is 13.9. The van der Waals surface area contributed by atoms with Crippen molar-refractivity contribution in [1.29, 1.82) is 0 Å². The van der Waals surface area contributed by atoms with Gasteiger partial charge in [0.2, 0.25) is 0 Å². The molecule has 5 rings (SSSR count). The zero-order chi connectivity index (χ0) is 21.4. The monoisotopic (exact) mass is 432 g/mol. The molecule has 0 bridgehead atoms. The summed E-state index contributed by atoms with van der Waals surface area (Å²) in [4.78, 5) is 20.4. The van der Waals surface area contributed by atoms with Crippen LogP contribution < -0.4 is 9.64 Å². The molecule has 1 aliphatic heterocycles. The molecule has 3 aromatic carbocycles. The third-order valence-electron chi connectivity index (χ3n) is 5.72. The number of amides is 1. The molecule has 1 aromatic heterocycles. The van der Waals surface area contributed by atoms with Crippen LogP contribution in [-0.2, 0) is 4.74 Å². The van der Waals surface area contributed by atoms with Gasteiger partial charge in [-0.3, -0.25) is 9.69 Å². The first-order valence-electron chi connectivity index (χ1n) is 10.5. The summed E-state index contributed by atoms with van der Waals surface area (Å²) >= 11 is 1.54. The number of anilines is 1. The molecule has 0 aliphatic carbocycles. The van der Waals surface area contributed by atoms with Crippen LogP contribution >= 0.6 is 11.3 Å². The summed E-state index contributed by atoms with van der Waals surface area (Å²) in [5.41, 5.74) is 2.62. The van der Waals surface area contributed by atoms with Gasteiger partial charge in [-0.15, -0.1) is 0 Å². The Morgan fingerprint density at radius 2 is 2.00 bits per heavy atom. The molecule has 1 atom stereocenters. The van der Waals surface area contributed by atoms with Crippen LogP contribution in [-0.4, -0.2) is 37.3 Å². The molecule has 5 nitrogen and oxygen atoms in total. The summed E-state index contributed by atoms with van der Waals surface area (Å²) in [5, 5.41) is 2.73. The number of nitrogens with zero attached hydrogens (tertiary/aromatic N) is 2. The third-order valence-corrected chi connectivity index (χ3v) is 6.76. The number of aromatic nitrogens is 1. The minimum atomic E-state index is -0.117. The summed E-state index contributed by atoms with van der Waals surface area (Å²) in [6, 6.07) is 18.0. The number of carbonyl (C=O) groups is 1. The van der Waals surface area contributed by atoms with Crippen molar-refractivity contribution >= 4 is 43.4 Å². The number of ether oxygens (including phenoxy) is 2. The molecule has 1 saturated heterocycles. The van der Waals surface area contributed by atoms with E-state index in [1.165, 1.54) is 5.56 Å². The van der Waals surface area contributed by atoms with Crippen molar-refractivity contribution in [3.05, 3.63) is 65.7 Å². The average molecular weight is 433 g/mol. The van der Waals surface area contributed by atoms with Gasteiger partial charge in [0, 0.05) is 6.61 Å². The van der Waals surface area contributed by atoms with Crippen LogP contribution in [0.3, 0.4) is 0 Å². The second-order valence-corrected chi connectivity index (χ2v) is 8.93. The molecule has 1 amide bonds. The number of hydrogen-bond donors (Lipinski definition) is 0. The number of carbonyl (C=O) groups excluding carboxylic acids is 1. The number of benzene rings is 3. The van der Waals surface area contributed by atoms with E-state index in [0.29, 0.717) is 23.0 Å². The maximum absolute atomic E-state index is 13.9. The van der Waals surface area contributed by atoms with E-state index in [0.717, 1.165) is 40.4 Å². The van der Waals surface area contributed by atoms with E-state index in [1.54, 1.807) is 23.3 Å². The van der Waals surface area contributed by atoms with Crippen molar-refractivity contribution in [3.8, 4) is 5.75 Å². The van der Waals surface area contributed by atoms with Gasteiger partial charge in [0.05, 0.1) is 35.5 Å². The van der Waals surface area contributed by atoms with E-state index >= 15 is 0 Å². The number of methoxy groups -OCH3 is 1. The lowest BCUT2D eigenvalue weighted by atomic mass is 10.0. The Labute approximate surface area is 185 Å². The Hall–Kier alpha value is -2.96. The fourth-order valence-electron chi connectivity index (χ4n) is 4.08. The van der Waals surface area contributed by atoms with Gasteiger partial charge in [-0.05, 0) is 60.4 Å². The normalized spacial score (nSPS) is 16.1. The van der Waals surface area contributed by atoms with Gasteiger partial charge in [0.25, 0.3) is 5.91 Å². The van der Waals surface area contributed by atoms with Gasteiger partial charge in [-0.25, -0.2) is 4.98 Å². The minimum Gasteiger partial charge on any atom is -0.496 e. The largest absolute Gasteiger partial charge is 0.496 e. The second kappa shape index (κ2) is 8.29. The highest BCUT2D eigenvalue weighted by molar-refractivity contribution is 7.22. The highest BCUT2D eigenvalue weighted by Crippen LogP contribution is 2.34. The molecule has 1 fully saturated rings. The fraction of sp³-hybridized carbons (Fsp3) is 0.280. The first-order chi connectivity index (χ1) is 15.1. The van der Waals surface area contributed by atoms with Gasteiger partial charge in [0.1, 0.15) is 5.75 Å². The topological polar surface area (TPSA) is 51.7 Å². The van der Waals surface area contributed by atoms with Crippen molar-refractivity contribution < 1.29 is 14.3 Å². The SMILES string of the molecule is COc1cc2ccccc2cc1C(=O)N(CC1CCCO1)c1nc2ccc(C)cc2s1. The zero-order valence-corrected chi connectivity index (χ0v) is 18.4. The lowest BCUT2D eigenvalue weighted by Crippen LogP contribution is -2.37. The zero-order valence-electron chi connectivity index (χ0n) is 17.6. The fourth-order valence-corrected chi connectivity index (χ4v) is 5.15. The molecular weight excluding hydrogens is 408 g/mol. The molecule has 0 spiro atoms. The molecule has 2 heterocycles. The second-order valence-electron chi connectivity index (χ2n) is 7.92. The van der Waals surface area contributed by atoms with Crippen LogP contribution in [0, 0.1) is 6.92 Å². The van der Waals surface area contributed by atoms with Crippen LogP contribution in [0.25, 0.3) is 21.0 Å². The number of rotatable bonds is 5. The van der Waals surface area contributed by atoms with Crippen LogP contribution in [0.5, 0.6) is 5.75 Å². The van der Waals surface area contributed by atoms with Crippen molar-refractivity contribution in [2.45, 2.75) is 25.9 Å². The summed E-state index contributed by atoms with van der Waals surface area (Å²) in [6.45, 7) is 3.28. The van der Waals surface area contributed by atoms with Crippen molar-refractivity contribution in [2.24, 2.45) is 0 Å². The first-order valence-corrected chi connectivity index (χ1v) is 11.3. The van der Waals surface area contributed by atoms with Crippen LogP contribution in [0.1, 0.15) is 28.8 Å². The lowest BCUT2D eigenvalue weighted by molar-refractivity contribution is 0.0915. The number of thiazole rings is 1. The Balaban J connectivity index is 1.60. The predicted octanol–water partition coefficient (Wildman–Crippen LogP) is 5.59. The van der Waals surface area contributed by atoms with E-state index < -0.39 is 0 Å². The molecule has 1 aliphatic rings. The van der Waals surface area contributed by atoms with Crippen LogP contribution in [0.4, 0.5) is 5.13 Å².